The molecule has 0 radical (unpaired) electrons. The Kier molecular flexibility index (Phi) is 9.78. The van der Waals surface area contributed by atoms with Crippen LogP contribution in [0.1, 0.15) is 57.6 Å². The average molecular weight is 668 g/mol. The summed E-state index contributed by atoms with van der Waals surface area (Å²) in [6, 6.07) is 12.5. The summed E-state index contributed by atoms with van der Waals surface area (Å²) in [6.07, 6.45) is 3.76. The molecule has 3 aliphatic rings. The zero-order chi connectivity index (χ0) is 32.6. The van der Waals surface area contributed by atoms with E-state index >= 15 is 0 Å². The number of anilines is 4. The summed E-state index contributed by atoms with van der Waals surface area (Å²) in [5, 5.41) is 9.56. The van der Waals surface area contributed by atoms with Crippen LogP contribution >= 0.6 is 11.6 Å². The molecular weight excluding hydrogens is 622 g/mol. The second kappa shape index (κ2) is 13.6. The fourth-order valence-corrected chi connectivity index (χ4v) is 7.89. The van der Waals surface area contributed by atoms with Crippen molar-refractivity contribution in [3.05, 3.63) is 58.7 Å². The number of halogens is 1. The predicted molar refractivity (Wildman–Crippen MR) is 185 cm³/mol. The fraction of sp³-hybridized carbons (Fsp3) is 0.529. The third-order valence-electron chi connectivity index (χ3n) is 9.44. The molecule has 2 aromatic carbocycles. The van der Waals surface area contributed by atoms with Gasteiger partial charge in [0.1, 0.15) is 10.8 Å². The number of hydrogen-bond acceptors (Lipinski definition) is 10. The fourth-order valence-electron chi connectivity index (χ4n) is 6.55. The van der Waals surface area contributed by atoms with Crippen molar-refractivity contribution in [3.63, 3.8) is 0 Å². The summed E-state index contributed by atoms with van der Waals surface area (Å²) >= 11 is 6.49. The lowest BCUT2D eigenvalue weighted by atomic mass is 9.85. The molecule has 0 bridgehead atoms. The Bertz CT molecular complexity index is 1650. The standard InChI is InChI=1S/C34H46ClN7O3S/c1-21(2)45-31-15-27(24-10-12-41(13-11-24)26-19-42(20-26)25-16-36-17-25)23(5)14-30(31)39-34-37-18-28(35)33(40-34)38-29-8-6-7-9-32(29)46(43,44)22(3)4/h6-9,14-15,18,21-22,24-26,36H,10-13,16-17,19-20H2,1-5H3,(H2,37,38,39,40). The first-order valence-electron chi connectivity index (χ1n) is 16.4. The first-order chi connectivity index (χ1) is 22.0. The highest BCUT2D eigenvalue weighted by Crippen LogP contribution is 2.39. The molecule has 1 aromatic heterocycles. The van der Waals surface area contributed by atoms with Gasteiger partial charge in [-0.05, 0) is 102 Å². The molecular formula is C34H46ClN7O3S. The van der Waals surface area contributed by atoms with Crippen LogP contribution in [-0.4, -0.2) is 90.9 Å². The van der Waals surface area contributed by atoms with Gasteiger partial charge in [0.15, 0.2) is 15.7 Å². The van der Waals surface area contributed by atoms with Gasteiger partial charge in [-0.3, -0.25) is 9.80 Å². The van der Waals surface area contributed by atoms with Gasteiger partial charge >= 0.3 is 0 Å². The Hall–Kier alpha value is -2.96. The van der Waals surface area contributed by atoms with Crippen LogP contribution < -0.4 is 20.7 Å². The minimum atomic E-state index is -3.53. The van der Waals surface area contributed by atoms with E-state index in [9.17, 15) is 8.42 Å². The summed E-state index contributed by atoms with van der Waals surface area (Å²) in [4.78, 5) is 14.6. The van der Waals surface area contributed by atoms with E-state index in [0.29, 0.717) is 29.4 Å². The summed E-state index contributed by atoms with van der Waals surface area (Å²) in [7, 11) is -3.53. The minimum absolute atomic E-state index is 0.0202. The van der Waals surface area contributed by atoms with E-state index < -0.39 is 15.1 Å². The number of para-hydroxylation sites is 1. The zero-order valence-electron chi connectivity index (χ0n) is 27.4. The van der Waals surface area contributed by atoms with Crippen molar-refractivity contribution in [2.24, 2.45) is 0 Å². The molecule has 0 atom stereocenters. The summed E-state index contributed by atoms with van der Waals surface area (Å²) < 4.78 is 32.3. The van der Waals surface area contributed by atoms with Crippen LogP contribution in [0.3, 0.4) is 0 Å². The largest absolute Gasteiger partial charge is 0.489 e. The number of aryl methyl sites for hydroxylation is 1. The molecule has 10 nitrogen and oxygen atoms in total. The molecule has 0 amide bonds. The maximum atomic E-state index is 13.0. The third kappa shape index (κ3) is 6.99. The van der Waals surface area contributed by atoms with Gasteiger partial charge in [-0.2, -0.15) is 4.98 Å². The molecule has 0 spiro atoms. The highest BCUT2D eigenvalue weighted by molar-refractivity contribution is 7.92. The number of ether oxygens (including phenoxy) is 1. The number of rotatable bonds is 11. The van der Waals surface area contributed by atoms with Crippen molar-refractivity contribution in [2.75, 3.05) is 49.9 Å². The first kappa shape index (κ1) is 33.0. The molecule has 4 heterocycles. The maximum Gasteiger partial charge on any atom is 0.229 e. The van der Waals surface area contributed by atoms with Gasteiger partial charge in [0.25, 0.3) is 0 Å². The number of sulfone groups is 1. The third-order valence-corrected chi connectivity index (χ3v) is 11.9. The van der Waals surface area contributed by atoms with Gasteiger partial charge in [0, 0.05) is 38.3 Å². The van der Waals surface area contributed by atoms with Crippen LogP contribution in [0.5, 0.6) is 5.75 Å². The highest BCUT2D eigenvalue weighted by atomic mass is 35.5. The summed E-state index contributed by atoms with van der Waals surface area (Å²) in [5.41, 5.74) is 3.70. The van der Waals surface area contributed by atoms with Crippen LogP contribution in [0, 0.1) is 6.92 Å². The Morgan fingerprint density at radius 2 is 1.70 bits per heavy atom. The van der Waals surface area contributed by atoms with Gasteiger partial charge < -0.3 is 20.7 Å². The van der Waals surface area contributed by atoms with Gasteiger partial charge in [0.2, 0.25) is 5.95 Å². The van der Waals surface area contributed by atoms with E-state index in [-0.39, 0.29) is 16.0 Å². The topological polar surface area (TPSA) is 112 Å². The number of benzene rings is 2. The lowest BCUT2D eigenvalue weighted by molar-refractivity contribution is -0.0187. The lowest BCUT2D eigenvalue weighted by Crippen LogP contribution is -2.69. The number of piperidine rings is 1. The van der Waals surface area contributed by atoms with E-state index in [1.807, 2.05) is 13.8 Å². The summed E-state index contributed by atoms with van der Waals surface area (Å²) in [5.74, 6) is 1.85. The monoisotopic (exact) mass is 667 g/mol. The van der Waals surface area contributed by atoms with Crippen LogP contribution in [-0.2, 0) is 9.84 Å². The SMILES string of the molecule is Cc1cc(Nc2ncc(Cl)c(Nc3ccccc3S(=O)(=O)C(C)C)n2)c(OC(C)C)cc1C1CCN(C2CN(C3CNC3)C2)CC1. The van der Waals surface area contributed by atoms with E-state index in [1.54, 1.807) is 38.1 Å². The summed E-state index contributed by atoms with van der Waals surface area (Å²) in [6.45, 7) is 16.5. The lowest BCUT2D eigenvalue weighted by Gasteiger charge is -2.52. The second-order valence-corrected chi connectivity index (χ2v) is 16.2. The molecule has 3 aliphatic heterocycles. The molecule has 0 saturated carbocycles. The quantitative estimate of drug-likeness (QED) is 0.234. The van der Waals surface area contributed by atoms with Crippen molar-refractivity contribution in [2.45, 2.75) is 81.7 Å². The Balaban J connectivity index is 1.18. The van der Waals surface area contributed by atoms with Crippen molar-refractivity contribution >= 4 is 44.6 Å². The molecule has 248 valence electrons. The number of nitrogens with zero attached hydrogens (tertiary/aromatic N) is 4. The molecule has 12 heteroatoms. The first-order valence-corrected chi connectivity index (χ1v) is 18.3. The van der Waals surface area contributed by atoms with Crippen molar-refractivity contribution in [1.29, 1.82) is 0 Å². The number of aromatic nitrogens is 2. The maximum absolute atomic E-state index is 13.0. The van der Waals surface area contributed by atoms with Crippen LogP contribution in [0.15, 0.2) is 47.5 Å². The van der Waals surface area contributed by atoms with E-state index in [1.165, 1.54) is 30.4 Å². The predicted octanol–water partition coefficient (Wildman–Crippen LogP) is 5.73. The Labute approximate surface area is 278 Å². The number of likely N-dealkylation sites (tertiary alicyclic amines) is 2. The molecule has 3 fully saturated rings. The minimum Gasteiger partial charge on any atom is -0.489 e. The van der Waals surface area contributed by atoms with Crippen molar-refractivity contribution in [3.8, 4) is 5.75 Å². The highest BCUT2D eigenvalue weighted by Gasteiger charge is 2.39. The molecule has 0 aliphatic carbocycles. The average Bonchev–Trinajstić information content (AvgIpc) is 2.97. The van der Waals surface area contributed by atoms with Gasteiger partial charge in [-0.25, -0.2) is 13.4 Å². The van der Waals surface area contributed by atoms with E-state index in [2.05, 4.69) is 54.8 Å². The normalized spacial score (nSPS) is 18.9. The Morgan fingerprint density at radius 1 is 0.978 bits per heavy atom. The van der Waals surface area contributed by atoms with Gasteiger partial charge in [0.05, 0.1) is 33.8 Å². The number of hydrogen-bond donors (Lipinski definition) is 3. The van der Waals surface area contributed by atoms with Gasteiger partial charge in [-0.1, -0.05) is 23.7 Å². The molecule has 0 unspecified atom stereocenters. The van der Waals surface area contributed by atoms with Crippen LogP contribution in [0.4, 0.5) is 23.1 Å². The van der Waals surface area contributed by atoms with E-state index in [0.717, 1.165) is 56.5 Å². The molecule has 3 aromatic rings. The van der Waals surface area contributed by atoms with Gasteiger partial charge in [-0.15, -0.1) is 0 Å². The second-order valence-electron chi connectivity index (χ2n) is 13.3. The zero-order valence-corrected chi connectivity index (χ0v) is 29.0. The van der Waals surface area contributed by atoms with Crippen LogP contribution in [0.25, 0.3) is 0 Å². The Morgan fingerprint density at radius 3 is 2.35 bits per heavy atom. The molecule has 6 rings (SSSR count). The van der Waals surface area contributed by atoms with E-state index in [4.69, 9.17) is 16.3 Å². The van der Waals surface area contributed by atoms with Crippen molar-refractivity contribution in [1.82, 2.24) is 25.1 Å². The van der Waals surface area contributed by atoms with Crippen LogP contribution in [0.2, 0.25) is 5.02 Å². The van der Waals surface area contributed by atoms with Crippen molar-refractivity contribution < 1.29 is 13.2 Å². The smallest absolute Gasteiger partial charge is 0.229 e. The molecule has 3 saturated heterocycles. The number of nitrogens with one attached hydrogen (secondary N) is 3. The molecule has 3 N–H and O–H groups in total. The molecule has 46 heavy (non-hydrogen) atoms.